The number of carbonyl (C=O) groups is 1. The summed E-state index contributed by atoms with van der Waals surface area (Å²) < 4.78 is 11.1. The summed E-state index contributed by atoms with van der Waals surface area (Å²) in [4.78, 5) is 17.6. The van der Waals surface area contributed by atoms with Crippen molar-refractivity contribution in [1.82, 2.24) is 9.88 Å². The average molecular weight is 319 g/mol. The largest absolute Gasteiger partial charge is 0.487 e. The number of ether oxygens (including phenoxy) is 2. The standard InChI is InChI=1S/C16H15ClN2O3/c17-12-3-1-4-13(7-12)22-15-9-19(10-15)16(20)11-21-14-5-2-6-18-8-14/h1-8,15H,9-11H2. The molecule has 1 fully saturated rings. The zero-order valence-corrected chi connectivity index (χ0v) is 12.6. The first-order valence-corrected chi connectivity index (χ1v) is 7.31. The molecule has 0 N–H and O–H groups in total. The van der Waals surface area contributed by atoms with Gasteiger partial charge in [0, 0.05) is 11.2 Å². The van der Waals surface area contributed by atoms with Gasteiger partial charge in [-0.1, -0.05) is 17.7 Å². The van der Waals surface area contributed by atoms with Crippen LogP contribution in [-0.2, 0) is 4.79 Å². The van der Waals surface area contributed by atoms with Gasteiger partial charge in [0.2, 0.25) is 0 Å². The maximum absolute atomic E-state index is 12.0. The molecule has 0 spiro atoms. The lowest BCUT2D eigenvalue weighted by Gasteiger charge is -2.38. The zero-order chi connectivity index (χ0) is 15.4. The van der Waals surface area contributed by atoms with Gasteiger partial charge in [0.1, 0.15) is 17.6 Å². The van der Waals surface area contributed by atoms with Gasteiger partial charge in [-0.15, -0.1) is 0 Å². The zero-order valence-electron chi connectivity index (χ0n) is 11.8. The highest BCUT2D eigenvalue weighted by Gasteiger charge is 2.32. The van der Waals surface area contributed by atoms with Crippen LogP contribution in [0.4, 0.5) is 0 Å². The summed E-state index contributed by atoms with van der Waals surface area (Å²) in [6.45, 7) is 1.12. The van der Waals surface area contributed by atoms with Crippen molar-refractivity contribution in [2.24, 2.45) is 0 Å². The van der Waals surface area contributed by atoms with Gasteiger partial charge in [-0.2, -0.15) is 0 Å². The maximum atomic E-state index is 12.0. The highest BCUT2D eigenvalue weighted by Crippen LogP contribution is 2.21. The molecule has 1 aliphatic heterocycles. The van der Waals surface area contributed by atoms with Crippen molar-refractivity contribution in [3.8, 4) is 11.5 Å². The summed E-state index contributed by atoms with van der Waals surface area (Å²) in [5, 5.41) is 0.634. The Bertz CT molecular complexity index is 645. The van der Waals surface area contributed by atoms with E-state index in [1.165, 1.54) is 0 Å². The van der Waals surface area contributed by atoms with E-state index in [4.69, 9.17) is 21.1 Å². The number of amides is 1. The molecule has 1 saturated heterocycles. The lowest BCUT2D eigenvalue weighted by molar-refractivity contribution is -0.142. The minimum Gasteiger partial charge on any atom is -0.487 e. The van der Waals surface area contributed by atoms with E-state index in [-0.39, 0.29) is 18.6 Å². The predicted molar refractivity (Wildman–Crippen MR) is 82.2 cm³/mol. The molecule has 0 radical (unpaired) electrons. The van der Waals surface area contributed by atoms with Crippen LogP contribution in [0.1, 0.15) is 0 Å². The fraction of sp³-hybridized carbons (Fsp3) is 0.250. The molecular formula is C16H15ClN2O3. The second kappa shape index (κ2) is 6.66. The number of pyridine rings is 1. The quantitative estimate of drug-likeness (QED) is 0.849. The Hall–Kier alpha value is -2.27. The summed E-state index contributed by atoms with van der Waals surface area (Å²) in [7, 11) is 0. The van der Waals surface area contributed by atoms with Crippen LogP contribution < -0.4 is 9.47 Å². The fourth-order valence-corrected chi connectivity index (χ4v) is 2.30. The van der Waals surface area contributed by atoms with Gasteiger partial charge in [0.15, 0.2) is 6.61 Å². The SMILES string of the molecule is O=C(COc1cccnc1)N1CC(Oc2cccc(Cl)c2)C1. The van der Waals surface area contributed by atoms with Gasteiger partial charge in [-0.3, -0.25) is 9.78 Å². The first kappa shape index (κ1) is 14.7. The van der Waals surface area contributed by atoms with Crippen molar-refractivity contribution in [2.75, 3.05) is 19.7 Å². The van der Waals surface area contributed by atoms with Crippen molar-refractivity contribution in [1.29, 1.82) is 0 Å². The van der Waals surface area contributed by atoms with Gasteiger partial charge in [-0.25, -0.2) is 0 Å². The second-order valence-corrected chi connectivity index (χ2v) is 5.41. The van der Waals surface area contributed by atoms with E-state index in [0.29, 0.717) is 23.9 Å². The number of rotatable bonds is 5. The number of halogens is 1. The first-order chi connectivity index (χ1) is 10.7. The van der Waals surface area contributed by atoms with Gasteiger partial charge >= 0.3 is 0 Å². The second-order valence-electron chi connectivity index (χ2n) is 4.97. The van der Waals surface area contributed by atoms with Gasteiger partial charge in [0.25, 0.3) is 5.91 Å². The van der Waals surface area contributed by atoms with Crippen LogP contribution in [0.3, 0.4) is 0 Å². The van der Waals surface area contributed by atoms with Crippen molar-refractivity contribution >= 4 is 17.5 Å². The number of benzene rings is 1. The monoisotopic (exact) mass is 318 g/mol. The van der Waals surface area contributed by atoms with Crippen molar-refractivity contribution in [3.63, 3.8) is 0 Å². The molecule has 1 aromatic heterocycles. The molecule has 3 rings (SSSR count). The molecule has 0 bridgehead atoms. The molecule has 5 nitrogen and oxygen atoms in total. The lowest BCUT2D eigenvalue weighted by Crippen LogP contribution is -2.57. The van der Waals surface area contributed by atoms with Crippen molar-refractivity contribution < 1.29 is 14.3 Å². The third kappa shape index (κ3) is 3.68. The summed E-state index contributed by atoms with van der Waals surface area (Å²) in [6, 6.07) is 10.8. The number of nitrogens with zero attached hydrogens (tertiary/aromatic N) is 2. The van der Waals surface area contributed by atoms with Crippen LogP contribution >= 0.6 is 11.6 Å². The van der Waals surface area contributed by atoms with Gasteiger partial charge in [0.05, 0.1) is 19.3 Å². The van der Waals surface area contributed by atoms with Crippen LogP contribution in [0.5, 0.6) is 11.5 Å². The molecule has 114 valence electrons. The number of likely N-dealkylation sites (tertiary alicyclic amines) is 1. The number of carbonyl (C=O) groups excluding carboxylic acids is 1. The molecule has 0 unspecified atom stereocenters. The highest BCUT2D eigenvalue weighted by atomic mass is 35.5. The summed E-state index contributed by atoms with van der Waals surface area (Å²) in [5.41, 5.74) is 0. The average Bonchev–Trinajstić information content (AvgIpc) is 2.49. The summed E-state index contributed by atoms with van der Waals surface area (Å²) in [5.74, 6) is 1.24. The fourth-order valence-electron chi connectivity index (χ4n) is 2.12. The Labute approximate surface area is 133 Å². The van der Waals surface area contributed by atoms with Gasteiger partial charge in [-0.05, 0) is 30.3 Å². The maximum Gasteiger partial charge on any atom is 0.260 e. The van der Waals surface area contributed by atoms with E-state index < -0.39 is 0 Å². The van der Waals surface area contributed by atoms with E-state index in [9.17, 15) is 4.79 Å². The molecule has 1 aliphatic rings. The molecule has 0 saturated carbocycles. The van der Waals surface area contributed by atoms with E-state index in [1.807, 2.05) is 12.1 Å². The Kier molecular flexibility index (Phi) is 4.44. The molecule has 0 aliphatic carbocycles. The highest BCUT2D eigenvalue weighted by molar-refractivity contribution is 6.30. The summed E-state index contributed by atoms with van der Waals surface area (Å²) >= 11 is 5.90. The molecule has 1 amide bonds. The number of hydrogen-bond donors (Lipinski definition) is 0. The van der Waals surface area contributed by atoms with E-state index in [0.717, 1.165) is 5.75 Å². The Morgan fingerprint density at radius 1 is 1.27 bits per heavy atom. The Morgan fingerprint density at radius 2 is 2.09 bits per heavy atom. The van der Waals surface area contributed by atoms with Crippen LogP contribution in [0.15, 0.2) is 48.8 Å². The predicted octanol–water partition coefficient (Wildman–Crippen LogP) is 2.40. The minimum absolute atomic E-state index is 0.000749. The lowest BCUT2D eigenvalue weighted by atomic mass is 10.1. The van der Waals surface area contributed by atoms with E-state index in [2.05, 4.69) is 4.98 Å². The molecule has 22 heavy (non-hydrogen) atoms. The van der Waals surface area contributed by atoms with E-state index >= 15 is 0 Å². The van der Waals surface area contributed by atoms with Crippen LogP contribution in [-0.4, -0.2) is 41.6 Å². The topological polar surface area (TPSA) is 51.7 Å². The van der Waals surface area contributed by atoms with Crippen molar-refractivity contribution in [3.05, 3.63) is 53.8 Å². The third-order valence-electron chi connectivity index (χ3n) is 3.30. The first-order valence-electron chi connectivity index (χ1n) is 6.93. The Balaban J connectivity index is 1.42. The van der Waals surface area contributed by atoms with Crippen LogP contribution in [0.2, 0.25) is 5.02 Å². The summed E-state index contributed by atoms with van der Waals surface area (Å²) in [6.07, 6.45) is 3.23. The number of hydrogen-bond acceptors (Lipinski definition) is 4. The molecule has 2 heterocycles. The molecular weight excluding hydrogens is 304 g/mol. The Morgan fingerprint density at radius 3 is 2.82 bits per heavy atom. The molecule has 1 aromatic carbocycles. The van der Waals surface area contributed by atoms with Crippen LogP contribution in [0, 0.1) is 0 Å². The minimum atomic E-state index is -0.0604. The van der Waals surface area contributed by atoms with Gasteiger partial charge < -0.3 is 14.4 Å². The normalized spacial score (nSPS) is 14.3. The van der Waals surface area contributed by atoms with Crippen molar-refractivity contribution in [2.45, 2.75) is 6.10 Å². The molecule has 6 heteroatoms. The number of aromatic nitrogens is 1. The van der Waals surface area contributed by atoms with E-state index in [1.54, 1.807) is 41.6 Å². The molecule has 2 aromatic rings. The van der Waals surface area contributed by atoms with Crippen LogP contribution in [0.25, 0.3) is 0 Å². The third-order valence-corrected chi connectivity index (χ3v) is 3.53. The molecule has 0 atom stereocenters. The smallest absolute Gasteiger partial charge is 0.260 e.